The largest absolute Gasteiger partial charge is 0.504 e. The molecule has 0 aliphatic heterocycles. The number of rotatable bonds is 17. The summed E-state index contributed by atoms with van der Waals surface area (Å²) in [6, 6.07) is 4.06. The second kappa shape index (κ2) is 19.4. The van der Waals surface area contributed by atoms with Crippen molar-refractivity contribution in [1.82, 2.24) is 0 Å². The fourth-order valence-electron chi connectivity index (χ4n) is 3.42. The molecule has 7 nitrogen and oxygen atoms in total. The van der Waals surface area contributed by atoms with Crippen LogP contribution in [0.3, 0.4) is 0 Å². The molecule has 32 heavy (non-hydrogen) atoms. The summed E-state index contributed by atoms with van der Waals surface area (Å²) >= 11 is 0. The number of carboxylic acid groups (broad SMARTS) is 1. The zero-order valence-corrected chi connectivity index (χ0v) is 19.7. The van der Waals surface area contributed by atoms with E-state index in [1.54, 1.807) is 6.07 Å². The third-order valence-electron chi connectivity index (χ3n) is 5.39. The molecule has 0 aromatic heterocycles. The van der Waals surface area contributed by atoms with Crippen LogP contribution in [-0.2, 0) is 16.0 Å². The van der Waals surface area contributed by atoms with Crippen molar-refractivity contribution in [3.63, 3.8) is 0 Å². The van der Waals surface area contributed by atoms with Crippen LogP contribution < -0.4 is 11.5 Å². The summed E-state index contributed by atoms with van der Waals surface area (Å²) in [5.74, 6) is -1.86. The maximum Gasteiger partial charge on any atom is 0.321 e. The Kier molecular flexibility index (Phi) is 18.0. The van der Waals surface area contributed by atoms with E-state index in [1.165, 1.54) is 83.1 Å². The van der Waals surface area contributed by atoms with E-state index in [9.17, 15) is 19.8 Å². The number of primary amides is 1. The van der Waals surface area contributed by atoms with Crippen LogP contribution in [0.1, 0.15) is 102 Å². The van der Waals surface area contributed by atoms with Crippen molar-refractivity contribution < 1.29 is 24.9 Å². The van der Waals surface area contributed by atoms with Gasteiger partial charge in [-0.2, -0.15) is 0 Å². The van der Waals surface area contributed by atoms with Crippen molar-refractivity contribution in [3.05, 3.63) is 23.8 Å². The molecule has 0 radical (unpaired) electrons. The lowest BCUT2D eigenvalue weighted by atomic mass is 10.0. The predicted octanol–water partition coefficient (Wildman–Crippen LogP) is 5.01. The zero-order valence-electron chi connectivity index (χ0n) is 19.7. The van der Waals surface area contributed by atoms with Gasteiger partial charge in [0.25, 0.3) is 0 Å². The SMILES string of the molecule is CCCCCCCCCCCCCCCc1cccc(O)c1O.NC(=O)C[C@H](N)C(=O)O. The van der Waals surface area contributed by atoms with Gasteiger partial charge in [-0.3, -0.25) is 9.59 Å². The Morgan fingerprint density at radius 3 is 1.72 bits per heavy atom. The number of para-hydroxylation sites is 1. The Morgan fingerprint density at radius 1 is 0.844 bits per heavy atom. The van der Waals surface area contributed by atoms with Crippen molar-refractivity contribution >= 4 is 11.9 Å². The number of hydrogen-bond acceptors (Lipinski definition) is 5. The Bertz CT molecular complexity index is 637. The van der Waals surface area contributed by atoms with Crippen LogP contribution in [0, 0.1) is 0 Å². The van der Waals surface area contributed by atoms with Gasteiger partial charge < -0.3 is 26.8 Å². The van der Waals surface area contributed by atoms with Gasteiger partial charge >= 0.3 is 5.97 Å². The second-order valence-corrected chi connectivity index (χ2v) is 8.39. The van der Waals surface area contributed by atoms with Crippen LogP contribution in [0.25, 0.3) is 0 Å². The number of benzene rings is 1. The molecule has 7 N–H and O–H groups in total. The van der Waals surface area contributed by atoms with E-state index in [0.29, 0.717) is 0 Å². The maximum absolute atomic E-state index is 9.99. The number of unbranched alkanes of at least 4 members (excludes halogenated alkanes) is 12. The molecule has 0 bridgehead atoms. The summed E-state index contributed by atoms with van der Waals surface area (Å²) in [7, 11) is 0. The van der Waals surface area contributed by atoms with Gasteiger partial charge in [0, 0.05) is 0 Å². The molecule has 0 saturated carbocycles. The number of nitrogens with two attached hydrogens (primary N) is 2. The van der Waals surface area contributed by atoms with E-state index >= 15 is 0 Å². The number of carbonyl (C=O) groups is 2. The lowest BCUT2D eigenvalue weighted by Gasteiger charge is -2.06. The molecule has 0 fully saturated rings. The number of phenolic OH excluding ortho intramolecular Hbond substituents is 2. The summed E-state index contributed by atoms with van der Waals surface area (Å²) in [6.07, 6.45) is 18.1. The van der Waals surface area contributed by atoms with Crippen molar-refractivity contribution in [2.45, 2.75) is 109 Å². The molecule has 1 rings (SSSR count). The summed E-state index contributed by atoms with van der Waals surface area (Å²) in [5.41, 5.74) is 10.4. The number of aryl methyl sites for hydroxylation is 1. The molecular formula is C25H44N2O5. The second-order valence-electron chi connectivity index (χ2n) is 8.39. The number of aliphatic carboxylic acids is 1. The van der Waals surface area contributed by atoms with Gasteiger partial charge in [0.15, 0.2) is 11.5 Å². The number of aromatic hydroxyl groups is 2. The molecule has 0 heterocycles. The van der Waals surface area contributed by atoms with Gasteiger partial charge in [-0.05, 0) is 24.5 Å². The third kappa shape index (κ3) is 16.4. The molecule has 184 valence electrons. The van der Waals surface area contributed by atoms with Gasteiger partial charge in [-0.1, -0.05) is 96.1 Å². The molecule has 0 spiro atoms. The van der Waals surface area contributed by atoms with Crippen LogP contribution in [0.5, 0.6) is 11.5 Å². The average Bonchev–Trinajstić information content (AvgIpc) is 2.74. The molecule has 0 unspecified atom stereocenters. The highest BCUT2D eigenvalue weighted by Crippen LogP contribution is 2.29. The fraction of sp³-hybridized carbons (Fsp3) is 0.680. The predicted molar refractivity (Wildman–Crippen MR) is 129 cm³/mol. The number of amides is 1. The quantitative estimate of drug-likeness (QED) is 0.166. The molecule has 0 aliphatic rings. The molecule has 1 aromatic rings. The molecule has 1 atom stereocenters. The minimum absolute atomic E-state index is 0.00260. The zero-order chi connectivity index (χ0) is 24.2. The van der Waals surface area contributed by atoms with Crippen molar-refractivity contribution in [2.24, 2.45) is 11.5 Å². The van der Waals surface area contributed by atoms with Crippen LogP contribution in [0.2, 0.25) is 0 Å². The van der Waals surface area contributed by atoms with Crippen LogP contribution >= 0.6 is 0 Å². The van der Waals surface area contributed by atoms with Crippen LogP contribution in [-0.4, -0.2) is 33.2 Å². The topological polar surface area (TPSA) is 147 Å². The highest BCUT2D eigenvalue weighted by atomic mass is 16.4. The molecule has 0 aliphatic carbocycles. The van der Waals surface area contributed by atoms with Crippen LogP contribution in [0.4, 0.5) is 0 Å². The van der Waals surface area contributed by atoms with Crippen molar-refractivity contribution in [1.29, 1.82) is 0 Å². The summed E-state index contributed by atoms with van der Waals surface area (Å²) in [4.78, 5) is 19.9. The van der Waals surface area contributed by atoms with Gasteiger partial charge in [0.05, 0.1) is 6.42 Å². The Labute approximate surface area is 193 Å². The fourth-order valence-corrected chi connectivity index (χ4v) is 3.42. The van der Waals surface area contributed by atoms with Gasteiger partial charge in [0.2, 0.25) is 5.91 Å². The molecular weight excluding hydrogens is 408 g/mol. The normalized spacial score (nSPS) is 11.4. The smallest absolute Gasteiger partial charge is 0.321 e. The van der Waals surface area contributed by atoms with E-state index in [-0.39, 0.29) is 17.9 Å². The molecule has 7 heteroatoms. The molecule has 1 amide bonds. The van der Waals surface area contributed by atoms with Crippen molar-refractivity contribution in [2.75, 3.05) is 0 Å². The average molecular weight is 453 g/mol. The van der Waals surface area contributed by atoms with Crippen molar-refractivity contribution in [3.8, 4) is 11.5 Å². The van der Waals surface area contributed by atoms with E-state index in [0.717, 1.165) is 18.4 Å². The van der Waals surface area contributed by atoms with Crippen LogP contribution in [0.15, 0.2) is 18.2 Å². The van der Waals surface area contributed by atoms with Gasteiger partial charge in [-0.25, -0.2) is 0 Å². The number of phenols is 2. The van der Waals surface area contributed by atoms with E-state index in [4.69, 9.17) is 10.8 Å². The molecule has 0 saturated heterocycles. The highest BCUT2D eigenvalue weighted by molar-refractivity contribution is 5.83. The monoisotopic (exact) mass is 452 g/mol. The van der Waals surface area contributed by atoms with Gasteiger partial charge in [-0.15, -0.1) is 0 Å². The summed E-state index contributed by atoms with van der Waals surface area (Å²) in [5, 5.41) is 27.3. The number of hydrogen-bond donors (Lipinski definition) is 5. The number of carbonyl (C=O) groups excluding carboxylic acids is 1. The minimum Gasteiger partial charge on any atom is -0.504 e. The Morgan fingerprint density at radius 2 is 1.31 bits per heavy atom. The first-order chi connectivity index (χ1) is 15.3. The Hall–Kier alpha value is -2.28. The van der Waals surface area contributed by atoms with Gasteiger partial charge in [0.1, 0.15) is 6.04 Å². The van der Waals surface area contributed by atoms with E-state index < -0.39 is 17.9 Å². The van der Waals surface area contributed by atoms with E-state index in [2.05, 4.69) is 12.7 Å². The maximum atomic E-state index is 9.99. The van der Waals surface area contributed by atoms with E-state index in [1.807, 2.05) is 6.07 Å². The lowest BCUT2D eigenvalue weighted by Crippen LogP contribution is -2.34. The standard InChI is InChI=1S/C21H36O2.C4H8N2O3/c1-2-3-4-5-6-7-8-9-10-11-12-13-14-16-19-17-15-18-20(22)21(19)23;5-2(4(8)9)1-3(6)7/h15,17-18,22-23H,2-14,16H2,1H3;2H,1,5H2,(H2,6,7)(H,8,9)/t;2-/m.0/s1. The number of carboxylic acids is 1. The lowest BCUT2D eigenvalue weighted by molar-refractivity contribution is -0.140. The first-order valence-corrected chi connectivity index (χ1v) is 12.1. The summed E-state index contributed by atoms with van der Waals surface area (Å²) < 4.78 is 0. The first kappa shape index (κ1) is 29.7. The highest BCUT2D eigenvalue weighted by Gasteiger charge is 2.13. The third-order valence-corrected chi connectivity index (χ3v) is 5.39. The first-order valence-electron chi connectivity index (χ1n) is 12.1. The summed E-state index contributed by atoms with van der Waals surface area (Å²) in [6.45, 7) is 2.27. The minimum atomic E-state index is -1.21. The Balaban J connectivity index is 0.000000900. The molecule has 1 aromatic carbocycles.